The Morgan fingerprint density at radius 2 is 2.03 bits per heavy atom. The second-order valence-corrected chi connectivity index (χ2v) is 7.29. The molecule has 1 atom stereocenters. The molecule has 0 radical (unpaired) electrons. The second-order valence-electron chi connectivity index (χ2n) is 7.29. The van der Waals surface area contributed by atoms with Gasteiger partial charge in [-0.1, -0.05) is 24.3 Å². The van der Waals surface area contributed by atoms with Gasteiger partial charge in [0, 0.05) is 37.8 Å². The van der Waals surface area contributed by atoms with Crippen LogP contribution in [0.3, 0.4) is 0 Å². The van der Waals surface area contributed by atoms with Crippen LogP contribution in [0.5, 0.6) is 5.75 Å². The maximum atomic E-state index is 12.3. The molecule has 2 aromatic carbocycles. The monoisotopic (exact) mass is 391 g/mol. The summed E-state index contributed by atoms with van der Waals surface area (Å²) in [5.41, 5.74) is 7.18. The SMILES string of the molecule is COc1ccc(CN=C2CC3NC=C(c4cccc(C(=O)N(C)C)c4)N3N2)cc1. The van der Waals surface area contributed by atoms with Crippen molar-refractivity contribution >= 4 is 17.4 Å². The van der Waals surface area contributed by atoms with Crippen molar-refractivity contribution in [1.29, 1.82) is 0 Å². The first-order valence-corrected chi connectivity index (χ1v) is 9.55. The van der Waals surface area contributed by atoms with E-state index in [0.29, 0.717) is 12.1 Å². The molecule has 7 heteroatoms. The van der Waals surface area contributed by atoms with Gasteiger partial charge in [0.05, 0.1) is 19.4 Å². The number of amides is 1. The van der Waals surface area contributed by atoms with Crippen LogP contribution < -0.4 is 15.5 Å². The molecule has 150 valence electrons. The molecule has 2 heterocycles. The van der Waals surface area contributed by atoms with E-state index in [1.807, 2.05) is 54.7 Å². The lowest BCUT2D eigenvalue weighted by Gasteiger charge is -2.21. The first-order chi connectivity index (χ1) is 14.0. The van der Waals surface area contributed by atoms with E-state index in [9.17, 15) is 4.79 Å². The predicted molar refractivity (Wildman–Crippen MR) is 113 cm³/mol. The third-order valence-corrected chi connectivity index (χ3v) is 5.04. The van der Waals surface area contributed by atoms with Crippen molar-refractivity contribution in [3.63, 3.8) is 0 Å². The van der Waals surface area contributed by atoms with Crippen LogP contribution >= 0.6 is 0 Å². The number of hydrogen-bond acceptors (Lipinski definition) is 5. The molecule has 2 aliphatic heterocycles. The van der Waals surface area contributed by atoms with Crippen molar-refractivity contribution in [2.75, 3.05) is 21.2 Å². The molecule has 1 fully saturated rings. The van der Waals surface area contributed by atoms with Gasteiger partial charge < -0.3 is 15.0 Å². The van der Waals surface area contributed by atoms with Gasteiger partial charge in [-0.2, -0.15) is 0 Å². The Morgan fingerprint density at radius 3 is 2.76 bits per heavy atom. The van der Waals surface area contributed by atoms with Crippen LogP contribution in [-0.2, 0) is 6.54 Å². The van der Waals surface area contributed by atoms with Crippen molar-refractivity contribution < 1.29 is 9.53 Å². The Bertz CT molecular complexity index is 965. The fourth-order valence-corrected chi connectivity index (χ4v) is 3.45. The maximum absolute atomic E-state index is 12.3. The Balaban J connectivity index is 1.46. The lowest BCUT2D eigenvalue weighted by molar-refractivity contribution is 0.0827. The van der Waals surface area contributed by atoms with Crippen molar-refractivity contribution in [3.05, 3.63) is 71.4 Å². The molecule has 7 nitrogen and oxygen atoms in total. The summed E-state index contributed by atoms with van der Waals surface area (Å²) in [4.78, 5) is 18.6. The number of hydrogen-bond donors (Lipinski definition) is 2. The van der Waals surface area contributed by atoms with E-state index in [0.717, 1.165) is 34.8 Å². The molecule has 0 aliphatic carbocycles. The average Bonchev–Trinajstić information content (AvgIpc) is 3.32. The first-order valence-electron chi connectivity index (χ1n) is 9.55. The molecule has 1 unspecified atom stereocenters. The molecule has 0 saturated carbocycles. The number of amidine groups is 1. The molecule has 1 amide bonds. The van der Waals surface area contributed by atoms with Gasteiger partial charge in [-0.3, -0.25) is 20.2 Å². The molecule has 2 aliphatic rings. The van der Waals surface area contributed by atoms with Crippen molar-refractivity contribution in [2.24, 2.45) is 4.99 Å². The van der Waals surface area contributed by atoms with Gasteiger partial charge in [-0.15, -0.1) is 0 Å². The lowest BCUT2D eigenvalue weighted by atomic mass is 10.1. The molecule has 1 saturated heterocycles. The van der Waals surface area contributed by atoms with Crippen LogP contribution in [0.25, 0.3) is 5.70 Å². The van der Waals surface area contributed by atoms with Crippen LogP contribution in [0, 0.1) is 0 Å². The first kappa shape index (κ1) is 18.9. The topological polar surface area (TPSA) is 69.2 Å². The summed E-state index contributed by atoms with van der Waals surface area (Å²) in [6.07, 6.45) is 2.89. The molecule has 0 bridgehead atoms. The summed E-state index contributed by atoms with van der Waals surface area (Å²) < 4.78 is 5.19. The van der Waals surface area contributed by atoms with E-state index in [1.165, 1.54) is 0 Å². The summed E-state index contributed by atoms with van der Waals surface area (Å²) in [5.74, 6) is 1.77. The summed E-state index contributed by atoms with van der Waals surface area (Å²) in [7, 11) is 5.18. The van der Waals surface area contributed by atoms with Gasteiger partial charge in [0.1, 0.15) is 17.8 Å². The number of hydrazine groups is 1. The molecule has 29 heavy (non-hydrogen) atoms. The van der Waals surface area contributed by atoms with E-state index in [-0.39, 0.29) is 12.1 Å². The molecule has 2 aromatic rings. The van der Waals surface area contributed by atoms with Gasteiger partial charge in [0.2, 0.25) is 0 Å². The smallest absolute Gasteiger partial charge is 0.253 e. The van der Waals surface area contributed by atoms with Crippen LogP contribution in [-0.4, -0.2) is 49.0 Å². The van der Waals surface area contributed by atoms with Crippen LogP contribution in [0.2, 0.25) is 0 Å². The van der Waals surface area contributed by atoms with Crippen molar-refractivity contribution in [1.82, 2.24) is 20.7 Å². The van der Waals surface area contributed by atoms with E-state index in [2.05, 4.69) is 15.8 Å². The molecule has 0 aromatic heterocycles. The summed E-state index contributed by atoms with van der Waals surface area (Å²) in [6, 6.07) is 15.6. The lowest BCUT2D eigenvalue weighted by Crippen LogP contribution is -2.37. The Morgan fingerprint density at radius 1 is 1.24 bits per heavy atom. The van der Waals surface area contributed by atoms with E-state index < -0.39 is 0 Å². The van der Waals surface area contributed by atoms with Gasteiger partial charge >= 0.3 is 0 Å². The van der Waals surface area contributed by atoms with Gasteiger partial charge in [-0.25, -0.2) is 0 Å². The number of methoxy groups -OCH3 is 1. The normalized spacial score (nSPS) is 18.7. The van der Waals surface area contributed by atoms with E-state index in [1.54, 1.807) is 26.1 Å². The number of nitrogens with one attached hydrogen (secondary N) is 2. The number of nitrogens with zero attached hydrogens (tertiary/aromatic N) is 3. The van der Waals surface area contributed by atoms with Crippen molar-refractivity contribution in [3.8, 4) is 5.75 Å². The standard InChI is InChI=1S/C22H25N5O2/c1-26(2)22(28)17-6-4-5-16(11-17)19-14-24-21-12-20(25-27(19)21)23-13-15-7-9-18(29-3)10-8-15/h4-11,14,21,24H,12-13H2,1-3H3,(H,23,25). The summed E-state index contributed by atoms with van der Waals surface area (Å²) in [6.45, 7) is 0.610. The van der Waals surface area contributed by atoms with Crippen LogP contribution in [0.15, 0.2) is 59.7 Å². The highest BCUT2D eigenvalue weighted by molar-refractivity contribution is 5.95. The number of ether oxygens (including phenoxy) is 1. The highest BCUT2D eigenvalue weighted by Crippen LogP contribution is 2.28. The number of aliphatic imine (C=N–C) groups is 1. The van der Waals surface area contributed by atoms with Crippen LogP contribution in [0.1, 0.15) is 27.9 Å². The Kier molecular flexibility index (Phi) is 5.12. The molecular formula is C22H25N5O2. The molecule has 4 rings (SSSR count). The van der Waals surface area contributed by atoms with E-state index >= 15 is 0 Å². The predicted octanol–water partition coefficient (Wildman–Crippen LogP) is 2.43. The number of carbonyl (C=O) groups is 1. The quantitative estimate of drug-likeness (QED) is 0.819. The second kappa shape index (κ2) is 7.87. The minimum atomic E-state index is -0.00826. The Labute approximate surface area is 170 Å². The van der Waals surface area contributed by atoms with Crippen molar-refractivity contribution in [2.45, 2.75) is 19.1 Å². The van der Waals surface area contributed by atoms with Gasteiger partial charge in [0.25, 0.3) is 5.91 Å². The van der Waals surface area contributed by atoms with Crippen LogP contribution in [0.4, 0.5) is 0 Å². The third kappa shape index (κ3) is 3.89. The third-order valence-electron chi connectivity index (χ3n) is 5.04. The van der Waals surface area contributed by atoms with E-state index in [4.69, 9.17) is 9.73 Å². The highest BCUT2D eigenvalue weighted by atomic mass is 16.5. The molecular weight excluding hydrogens is 366 g/mol. The number of fused-ring (bicyclic) bond motifs is 1. The molecule has 2 N–H and O–H groups in total. The fraction of sp³-hybridized carbons (Fsp3) is 0.273. The zero-order valence-electron chi connectivity index (χ0n) is 16.8. The minimum Gasteiger partial charge on any atom is -0.497 e. The molecule has 0 spiro atoms. The van der Waals surface area contributed by atoms with Gasteiger partial charge in [-0.05, 0) is 29.8 Å². The summed E-state index contributed by atoms with van der Waals surface area (Å²) in [5, 5.41) is 5.47. The highest BCUT2D eigenvalue weighted by Gasteiger charge is 2.34. The zero-order chi connectivity index (χ0) is 20.4. The van der Waals surface area contributed by atoms with Gasteiger partial charge in [0.15, 0.2) is 0 Å². The minimum absolute atomic E-state index is 0.00826. The summed E-state index contributed by atoms with van der Waals surface area (Å²) >= 11 is 0. The fourth-order valence-electron chi connectivity index (χ4n) is 3.45. The number of benzene rings is 2. The number of carbonyl (C=O) groups excluding carboxylic acids is 1. The largest absolute Gasteiger partial charge is 0.497 e. The maximum Gasteiger partial charge on any atom is 0.253 e. The average molecular weight is 391 g/mol. The number of rotatable bonds is 5. The Hall–Kier alpha value is -3.48. The zero-order valence-corrected chi connectivity index (χ0v) is 16.8.